The summed E-state index contributed by atoms with van der Waals surface area (Å²) in [6.45, 7) is 3.08. The fourth-order valence-electron chi connectivity index (χ4n) is 2.63. The van der Waals surface area contributed by atoms with Gasteiger partial charge in [0.15, 0.2) is 0 Å². The molecule has 6 nitrogen and oxygen atoms in total. The van der Waals surface area contributed by atoms with E-state index in [0.717, 1.165) is 24.2 Å². The molecule has 1 aromatic carbocycles. The second kappa shape index (κ2) is 5.89. The number of nitrogens with one attached hydrogen (secondary N) is 2. The van der Waals surface area contributed by atoms with Crippen molar-refractivity contribution in [1.29, 1.82) is 0 Å². The number of nitrogens with zero attached hydrogens (tertiary/aromatic N) is 1. The number of carbonyl (C=O) groups excluding carboxylic acids is 1. The van der Waals surface area contributed by atoms with Crippen LogP contribution in [0.1, 0.15) is 31.7 Å². The molecule has 1 aromatic rings. The van der Waals surface area contributed by atoms with E-state index in [2.05, 4.69) is 9.44 Å². The fraction of sp³-hybridized carbons (Fsp3) is 0.533. The lowest BCUT2D eigenvalue weighted by molar-refractivity contribution is -0.117. The lowest BCUT2D eigenvalue weighted by Gasteiger charge is -2.17. The molecule has 0 saturated heterocycles. The summed E-state index contributed by atoms with van der Waals surface area (Å²) in [5, 5.41) is 0. The van der Waals surface area contributed by atoms with E-state index < -0.39 is 10.2 Å². The number of amides is 1. The highest BCUT2D eigenvalue weighted by atomic mass is 32.2. The SMILES string of the molecule is CCCNS(=O)(=O)Nc1ccc2c(c1)CC(=O)N2CC1CC1. The molecule has 0 bridgehead atoms. The summed E-state index contributed by atoms with van der Waals surface area (Å²) in [6, 6.07) is 5.30. The Labute approximate surface area is 131 Å². The first-order valence-corrected chi connectivity index (χ1v) is 9.17. The van der Waals surface area contributed by atoms with Crippen LogP contribution < -0.4 is 14.3 Å². The summed E-state index contributed by atoms with van der Waals surface area (Å²) >= 11 is 0. The average molecular weight is 323 g/mol. The van der Waals surface area contributed by atoms with E-state index in [9.17, 15) is 13.2 Å². The van der Waals surface area contributed by atoms with Crippen LogP contribution in [0.2, 0.25) is 0 Å². The van der Waals surface area contributed by atoms with Crippen LogP contribution in [0.15, 0.2) is 18.2 Å². The molecular formula is C15H21N3O3S. The molecule has 0 unspecified atom stereocenters. The summed E-state index contributed by atoms with van der Waals surface area (Å²) in [6.07, 6.45) is 3.47. The van der Waals surface area contributed by atoms with Gasteiger partial charge in [0.25, 0.3) is 10.2 Å². The summed E-state index contributed by atoms with van der Waals surface area (Å²) < 4.78 is 28.6. The zero-order chi connectivity index (χ0) is 15.7. The lowest BCUT2D eigenvalue weighted by Crippen LogP contribution is -2.30. The van der Waals surface area contributed by atoms with E-state index >= 15 is 0 Å². The standard InChI is InChI=1S/C15H21N3O3S/c1-2-7-16-22(20,21)17-13-5-6-14-12(8-13)9-15(19)18(14)10-11-3-4-11/h5-6,8,11,16-17H,2-4,7,9-10H2,1H3. The number of anilines is 2. The van der Waals surface area contributed by atoms with Crippen LogP contribution in [-0.4, -0.2) is 27.4 Å². The lowest BCUT2D eigenvalue weighted by atomic mass is 10.1. The van der Waals surface area contributed by atoms with Gasteiger partial charge in [0, 0.05) is 18.8 Å². The number of fused-ring (bicyclic) bond motifs is 1. The van der Waals surface area contributed by atoms with E-state index in [1.54, 1.807) is 12.1 Å². The molecule has 3 rings (SSSR count). The molecule has 0 aromatic heterocycles. The fourth-order valence-corrected chi connectivity index (χ4v) is 3.62. The predicted molar refractivity (Wildman–Crippen MR) is 86.1 cm³/mol. The van der Waals surface area contributed by atoms with Crippen LogP contribution in [0.3, 0.4) is 0 Å². The molecule has 1 saturated carbocycles. The molecule has 22 heavy (non-hydrogen) atoms. The van der Waals surface area contributed by atoms with E-state index in [-0.39, 0.29) is 5.91 Å². The Kier molecular flexibility index (Phi) is 4.10. The molecule has 2 N–H and O–H groups in total. The van der Waals surface area contributed by atoms with Gasteiger partial charge >= 0.3 is 0 Å². The van der Waals surface area contributed by atoms with Crippen molar-refractivity contribution < 1.29 is 13.2 Å². The number of rotatable bonds is 7. The van der Waals surface area contributed by atoms with Gasteiger partial charge in [0.1, 0.15) is 0 Å². The third-order valence-electron chi connectivity index (χ3n) is 3.95. The van der Waals surface area contributed by atoms with Gasteiger partial charge in [-0.3, -0.25) is 9.52 Å². The van der Waals surface area contributed by atoms with Gasteiger partial charge < -0.3 is 4.90 Å². The Morgan fingerprint density at radius 2 is 2.09 bits per heavy atom. The van der Waals surface area contributed by atoms with Crippen molar-refractivity contribution in [3.05, 3.63) is 23.8 Å². The normalized spacial score (nSPS) is 17.7. The average Bonchev–Trinajstić information content (AvgIpc) is 3.22. The van der Waals surface area contributed by atoms with Crippen molar-refractivity contribution in [3.8, 4) is 0 Å². The van der Waals surface area contributed by atoms with Gasteiger partial charge in [-0.25, -0.2) is 0 Å². The maximum absolute atomic E-state index is 12.1. The third kappa shape index (κ3) is 3.41. The molecule has 1 aliphatic carbocycles. The molecular weight excluding hydrogens is 302 g/mol. The Bertz CT molecular complexity index is 683. The highest BCUT2D eigenvalue weighted by Gasteiger charge is 2.33. The van der Waals surface area contributed by atoms with Crippen molar-refractivity contribution in [2.24, 2.45) is 5.92 Å². The number of hydrogen-bond donors (Lipinski definition) is 2. The molecule has 0 spiro atoms. The quantitative estimate of drug-likeness (QED) is 0.801. The first-order valence-electron chi connectivity index (χ1n) is 7.69. The second-order valence-electron chi connectivity index (χ2n) is 5.97. The molecule has 1 heterocycles. The summed E-state index contributed by atoms with van der Waals surface area (Å²) in [5.41, 5.74) is 2.30. The van der Waals surface area contributed by atoms with Crippen molar-refractivity contribution in [2.45, 2.75) is 32.6 Å². The summed E-state index contributed by atoms with van der Waals surface area (Å²) in [7, 11) is -3.55. The molecule has 1 amide bonds. The van der Waals surface area contributed by atoms with E-state index in [1.165, 1.54) is 12.8 Å². The van der Waals surface area contributed by atoms with Gasteiger partial charge in [-0.1, -0.05) is 6.92 Å². The highest BCUT2D eigenvalue weighted by Crippen LogP contribution is 2.36. The van der Waals surface area contributed by atoms with E-state index in [0.29, 0.717) is 24.6 Å². The second-order valence-corrected chi connectivity index (χ2v) is 7.47. The summed E-state index contributed by atoms with van der Waals surface area (Å²) in [5.74, 6) is 0.734. The van der Waals surface area contributed by atoms with Crippen molar-refractivity contribution in [1.82, 2.24) is 4.72 Å². The van der Waals surface area contributed by atoms with E-state index in [1.807, 2.05) is 17.9 Å². The Morgan fingerprint density at radius 1 is 1.32 bits per heavy atom. The molecule has 1 fully saturated rings. The molecule has 1 aliphatic heterocycles. The topological polar surface area (TPSA) is 78.5 Å². The maximum atomic E-state index is 12.1. The minimum Gasteiger partial charge on any atom is -0.312 e. The van der Waals surface area contributed by atoms with Crippen molar-refractivity contribution >= 4 is 27.5 Å². The Balaban J connectivity index is 1.74. The van der Waals surface area contributed by atoms with E-state index in [4.69, 9.17) is 0 Å². The zero-order valence-electron chi connectivity index (χ0n) is 12.6. The third-order valence-corrected chi connectivity index (χ3v) is 5.03. The van der Waals surface area contributed by atoms with Crippen LogP contribution >= 0.6 is 0 Å². The van der Waals surface area contributed by atoms with Crippen molar-refractivity contribution in [3.63, 3.8) is 0 Å². The first kappa shape index (κ1) is 15.3. The number of carbonyl (C=O) groups is 1. The minimum absolute atomic E-state index is 0.103. The van der Waals surface area contributed by atoms with Crippen LogP contribution in [0.5, 0.6) is 0 Å². The Hall–Kier alpha value is -1.60. The number of benzene rings is 1. The van der Waals surface area contributed by atoms with Crippen LogP contribution in [-0.2, 0) is 21.4 Å². The van der Waals surface area contributed by atoms with Gasteiger partial charge in [0.05, 0.1) is 12.1 Å². The van der Waals surface area contributed by atoms with Gasteiger partial charge in [0.2, 0.25) is 5.91 Å². The largest absolute Gasteiger partial charge is 0.312 e. The maximum Gasteiger partial charge on any atom is 0.299 e. The Morgan fingerprint density at radius 3 is 2.77 bits per heavy atom. The van der Waals surface area contributed by atoms with Gasteiger partial charge in [-0.05, 0) is 48.9 Å². The zero-order valence-corrected chi connectivity index (χ0v) is 13.4. The monoisotopic (exact) mass is 323 g/mol. The molecule has 120 valence electrons. The van der Waals surface area contributed by atoms with Gasteiger partial charge in [-0.2, -0.15) is 13.1 Å². The summed E-state index contributed by atoms with van der Waals surface area (Å²) in [4.78, 5) is 13.9. The van der Waals surface area contributed by atoms with Gasteiger partial charge in [-0.15, -0.1) is 0 Å². The molecule has 2 aliphatic rings. The first-order chi connectivity index (χ1) is 10.5. The van der Waals surface area contributed by atoms with Crippen molar-refractivity contribution in [2.75, 3.05) is 22.7 Å². The smallest absolute Gasteiger partial charge is 0.299 e. The molecule has 7 heteroatoms. The minimum atomic E-state index is -3.55. The van der Waals surface area contributed by atoms with Crippen LogP contribution in [0.25, 0.3) is 0 Å². The highest BCUT2D eigenvalue weighted by molar-refractivity contribution is 7.90. The van der Waals surface area contributed by atoms with Crippen LogP contribution in [0.4, 0.5) is 11.4 Å². The predicted octanol–water partition coefficient (Wildman–Crippen LogP) is 1.64. The van der Waals surface area contributed by atoms with Crippen LogP contribution in [0, 0.1) is 5.92 Å². The molecule has 0 atom stereocenters. The number of hydrogen-bond acceptors (Lipinski definition) is 3. The molecule has 0 radical (unpaired) electrons.